The average molecular weight is 345 g/mol. The first-order valence-electron chi connectivity index (χ1n) is 8.87. The van der Waals surface area contributed by atoms with E-state index in [1.807, 2.05) is 11.0 Å². The molecule has 0 unspecified atom stereocenters. The van der Waals surface area contributed by atoms with Crippen molar-refractivity contribution in [3.05, 3.63) is 47.5 Å². The Labute approximate surface area is 147 Å². The fourth-order valence-corrected chi connectivity index (χ4v) is 3.19. The second-order valence-corrected chi connectivity index (χ2v) is 6.56. The smallest absolute Gasteiger partial charge is 0.274 e. The van der Waals surface area contributed by atoms with E-state index in [4.69, 9.17) is 4.74 Å². The van der Waals surface area contributed by atoms with Crippen LogP contribution in [0.3, 0.4) is 0 Å². The number of hydrogen-bond donors (Lipinski definition) is 1. The molecule has 0 saturated carbocycles. The van der Waals surface area contributed by atoms with Gasteiger partial charge < -0.3 is 9.64 Å². The molecule has 1 aromatic carbocycles. The highest BCUT2D eigenvalue weighted by Gasteiger charge is 2.26. The van der Waals surface area contributed by atoms with Crippen molar-refractivity contribution in [2.24, 2.45) is 5.92 Å². The third-order valence-corrected chi connectivity index (χ3v) is 4.46. The van der Waals surface area contributed by atoms with Gasteiger partial charge in [0.15, 0.2) is 0 Å². The summed E-state index contributed by atoms with van der Waals surface area (Å²) in [6.07, 6.45) is 3.85. The Bertz CT molecular complexity index is 716. The maximum absolute atomic E-state index is 13.2. The number of carbonyl (C=O) groups is 1. The van der Waals surface area contributed by atoms with Gasteiger partial charge in [0.25, 0.3) is 5.91 Å². The summed E-state index contributed by atoms with van der Waals surface area (Å²) in [5, 5.41) is 7.08. The van der Waals surface area contributed by atoms with Gasteiger partial charge in [0.2, 0.25) is 0 Å². The van der Waals surface area contributed by atoms with E-state index in [9.17, 15) is 9.18 Å². The van der Waals surface area contributed by atoms with Crippen molar-refractivity contribution in [1.82, 2.24) is 15.1 Å². The largest absolute Gasteiger partial charge is 0.493 e. The highest BCUT2D eigenvalue weighted by Crippen LogP contribution is 2.21. The molecule has 0 bridgehead atoms. The number of hydrogen-bond acceptors (Lipinski definition) is 3. The quantitative estimate of drug-likeness (QED) is 0.872. The first kappa shape index (κ1) is 17.5. The number of aromatic nitrogens is 2. The van der Waals surface area contributed by atoms with E-state index < -0.39 is 0 Å². The number of nitrogens with one attached hydrogen (secondary N) is 1. The van der Waals surface area contributed by atoms with Crippen LogP contribution in [0.1, 0.15) is 42.4 Å². The molecular weight excluding hydrogens is 321 g/mol. The van der Waals surface area contributed by atoms with Gasteiger partial charge >= 0.3 is 0 Å². The summed E-state index contributed by atoms with van der Waals surface area (Å²) in [6, 6.07) is 7.99. The van der Waals surface area contributed by atoms with Crippen LogP contribution in [0.25, 0.3) is 0 Å². The van der Waals surface area contributed by atoms with Crippen LogP contribution < -0.4 is 4.74 Å². The van der Waals surface area contributed by atoms with E-state index in [0.29, 0.717) is 24.6 Å². The topological polar surface area (TPSA) is 58.2 Å². The van der Waals surface area contributed by atoms with E-state index >= 15 is 0 Å². The average Bonchev–Trinajstić information content (AvgIpc) is 3.09. The summed E-state index contributed by atoms with van der Waals surface area (Å²) in [4.78, 5) is 14.5. The van der Waals surface area contributed by atoms with E-state index in [1.165, 1.54) is 12.1 Å². The van der Waals surface area contributed by atoms with Crippen LogP contribution in [0.4, 0.5) is 4.39 Å². The molecular formula is C19H24FN3O2. The Morgan fingerprint density at radius 2 is 2.32 bits per heavy atom. The lowest BCUT2D eigenvalue weighted by Gasteiger charge is -2.32. The third kappa shape index (κ3) is 4.59. The van der Waals surface area contributed by atoms with Crippen molar-refractivity contribution in [3.63, 3.8) is 0 Å². The van der Waals surface area contributed by atoms with Crippen LogP contribution in [-0.2, 0) is 6.42 Å². The van der Waals surface area contributed by atoms with E-state index in [-0.39, 0.29) is 17.6 Å². The number of H-pyrrole nitrogens is 1. The number of benzene rings is 1. The molecule has 25 heavy (non-hydrogen) atoms. The van der Waals surface area contributed by atoms with Gasteiger partial charge in [-0.3, -0.25) is 9.89 Å². The summed E-state index contributed by atoms with van der Waals surface area (Å²) >= 11 is 0. The molecule has 0 spiro atoms. The molecule has 2 aromatic rings. The van der Waals surface area contributed by atoms with E-state index in [0.717, 1.165) is 37.9 Å². The van der Waals surface area contributed by atoms with Crippen molar-refractivity contribution < 1.29 is 13.9 Å². The molecule has 3 rings (SSSR count). The van der Waals surface area contributed by atoms with Gasteiger partial charge in [-0.15, -0.1) is 0 Å². The molecule has 1 N–H and O–H groups in total. The van der Waals surface area contributed by atoms with Crippen molar-refractivity contribution in [2.45, 2.75) is 32.6 Å². The van der Waals surface area contributed by atoms with E-state index in [2.05, 4.69) is 17.1 Å². The molecule has 2 heterocycles. The number of halogens is 1. The third-order valence-electron chi connectivity index (χ3n) is 4.46. The first-order chi connectivity index (χ1) is 12.2. The van der Waals surface area contributed by atoms with Gasteiger partial charge in [0.1, 0.15) is 17.3 Å². The Morgan fingerprint density at radius 1 is 1.44 bits per heavy atom. The van der Waals surface area contributed by atoms with Crippen LogP contribution in [0.5, 0.6) is 5.75 Å². The molecule has 1 aromatic heterocycles. The lowest BCUT2D eigenvalue weighted by Crippen LogP contribution is -2.41. The molecule has 1 saturated heterocycles. The summed E-state index contributed by atoms with van der Waals surface area (Å²) in [5.41, 5.74) is 1.48. The highest BCUT2D eigenvalue weighted by molar-refractivity contribution is 5.92. The Hall–Kier alpha value is -2.37. The zero-order valence-corrected chi connectivity index (χ0v) is 14.5. The maximum Gasteiger partial charge on any atom is 0.274 e. The van der Waals surface area contributed by atoms with Crippen molar-refractivity contribution in [1.29, 1.82) is 0 Å². The number of ether oxygens (including phenoxy) is 1. The summed E-state index contributed by atoms with van der Waals surface area (Å²) in [7, 11) is 0. The molecule has 1 aliphatic rings. The molecule has 0 aliphatic carbocycles. The van der Waals surface area contributed by atoms with E-state index in [1.54, 1.807) is 12.1 Å². The highest BCUT2D eigenvalue weighted by atomic mass is 19.1. The molecule has 5 nitrogen and oxygen atoms in total. The van der Waals surface area contributed by atoms with Gasteiger partial charge in [-0.1, -0.05) is 19.4 Å². The number of amides is 1. The van der Waals surface area contributed by atoms with Crippen LogP contribution in [-0.4, -0.2) is 40.7 Å². The molecule has 134 valence electrons. The molecule has 1 fully saturated rings. The molecule has 6 heteroatoms. The number of rotatable bonds is 6. The van der Waals surface area contributed by atoms with Gasteiger partial charge in [-0.05, 0) is 37.5 Å². The Balaban J connectivity index is 1.55. The number of likely N-dealkylation sites (tertiary alicyclic amines) is 1. The van der Waals surface area contributed by atoms with Crippen molar-refractivity contribution in [2.75, 3.05) is 19.7 Å². The van der Waals surface area contributed by atoms with Crippen molar-refractivity contribution in [3.8, 4) is 5.75 Å². The van der Waals surface area contributed by atoms with Crippen LogP contribution in [0.15, 0.2) is 30.3 Å². The zero-order valence-electron chi connectivity index (χ0n) is 14.5. The predicted octanol–water partition coefficient (Wildman–Crippen LogP) is 3.43. The number of piperidine rings is 1. The number of carbonyl (C=O) groups excluding carboxylic acids is 1. The van der Waals surface area contributed by atoms with Crippen LogP contribution in [0.2, 0.25) is 0 Å². The van der Waals surface area contributed by atoms with Crippen LogP contribution >= 0.6 is 0 Å². The van der Waals surface area contributed by atoms with Gasteiger partial charge in [-0.2, -0.15) is 5.10 Å². The Morgan fingerprint density at radius 3 is 3.12 bits per heavy atom. The minimum atomic E-state index is -0.306. The summed E-state index contributed by atoms with van der Waals surface area (Å²) in [6.45, 7) is 3.96. The monoisotopic (exact) mass is 345 g/mol. The van der Waals surface area contributed by atoms with Gasteiger partial charge in [-0.25, -0.2) is 4.39 Å². The minimum Gasteiger partial charge on any atom is -0.493 e. The van der Waals surface area contributed by atoms with Gasteiger partial charge in [0, 0.05) is 30.8 Å². The van der Waals surface area contributed by atoms with Crippen molar-refractivity contribution >= 4 is 5.91 Å². The summed E-state index contributed by atoms with van der Waals surface area (Å²) in [5.74, 6) is 0.434. The second kappa shape index (κ2) is 8.14. The molecule has 1 amide bonds. The number of aromatic amines is 1. The first-order valence-corrected chi connectivity index (χ1v) is 8.87. The van der Waals surface area contributed by atoms with Gasteiger partial charge in [0.05, 0.1) is 6.61 Å². The maximum atomic E-state index is 13.2. The lowest BCUT2D eigenvalue weighted by molar-refractivity contribution is 0.0627. The zero-order chi connectivity index (χ0) is 17.6. The molecule has 1 aliphatic heterocycles. The number of nitrogens with zero attached hydrogens (tertiary/aromatic N) is 2. The predicted molar refractivity (Wildman–Crippen MR) is 93.1 cm³/mol. The second-order valence-electron chi connectivity index (χ2n) is 6.56. The fourth-order valence-electron chi connectivity index (χ4n) is 3.19. The lowest BCUT2D eigenvalue weighted by atomic mass is 9.98. The standard InChI is InChI=1S/C19H24FN3O2/c1-2-5-16-11-18(22-21-16)19(24)23-9-4-6-14(12-23)13-25-17-8-3-7-15(20)10-17/h3,7-8,10-11,14H,2,4-6,9,12-13H2,1H3,(H,21,22)/t14-/m1/s1. The SMILES string of the molecule is CCCc1cc(C(=O)N2CCC[C@@H](COc3cccc(F)c3)C2)n[nH]1. The number of aryl methyl sites for hydroxylation is 1. The minimum absolute atomic E-state index is 0.0333. The normalized spacial score (nSPS) is 17.5. The molecule has 0 radical (unpaired) electrons. The Kier molecular flexibility index (Phi) is 5.68. The summed E-state index contributed by atoms with van der Waals surface area (Å²) < 4.78 is 18.9. The van der Waals surface area contributed by atoms with Crippen LogP contribution in [0, 0.1) is 11.7 Å². The fraction of sp³-hybridized carbons (Fsp3) is 0.474. The molecule has 1 atom stereocenters.